The van der Waals surface area contributed by atoms with Gasteiger partial charge in [0, 0.05) is 17.4 Å². The van der Waals surface area contributed by atoms with Crippen LogP contribution in [0.4, 0.5) is 5.69 Å². The number of para-hydroxylation sites is 1. The molecule has 1 atom stereocenters. The summed E-state index contributed by atoms with van der Waals surface area (Å²) in [5.74, 6) is -0.379. The highest BCUT2D eigenvalue weighted by atomic mass is 79.9. The monoisotopic (exact) mass is 344 g/mol. The molecule has 0 bridgehead atoms. The number of carbonyl (C=O) groups excluding carboxylic acids is 1. The summed E-state index contributed by atoms with van der Waals surface area (Å²) in [6.07, 6.45) is 1.77. The van der Waals surface area contributed by atoms with Crippen molar-refractivity contribution < 1.29 is 14.5 Å². The number of nitrogens with one attached hydrogen (secondary N) is 1. The second-order valence-electron chi connectivity index (χ2n) is 4.32. The fourth-order valence-corrected chi connectivity index (χ4v) is 2.14. The molecule has 0 saturated heterocycles. The molecule has 110 valence electrons. The second kappa shape index (κ2) is 7.84. The van der Waals surface area contributed by atoms with Gasteiger partial charge in [-0.25, -0.2) is 0 Å². The van der Waals surface area contributed by atoms with Crippen molar-refractivity contribution in [2.45, 2.75) is 25.8 Å². The highest BCUT2D eigenvalue weighted by Gasteiger charge is 2.23. The Balaban J connectivity index is 2.93. The first-order valence-electron chi connectivity index (χ1n) is 6.19. The van der Waals surface area contributed by atoms with Gasteiger partial charge in [0.05, 0.1) is 17.6 Å². The molecule has 20 heavy (non-hydrogen) atoms. The minimum Gasteiger partial charge on any atom is -0.490 e. The Kier molecular flexibility index (Phi) is 6.44. The normalized spacial score (nSPS) is 11.8. The Labute approximate surface area is 125 Å². The summed E-state index contributed by atoms with van der Waals surface area (Å²) in [6, 6.07) is 4.28. The summed E-state index contributed by atoms with van der Waals surface area (Å²) in [7, 11) is 1.31. The average Bonchev–Trinajstić information content (AvgIpc) is 2.43. The van der Waals surface area contributed by atoms with Crippen molar-refractivity contribution in [1.29, 1.82) is 0 Å². The van der Waals surface area contributed by atoms with E-state index in [-0.39, 0.29) is 28.9 Å². The van der Waals surface area contributed by atoms with E-state index >= 15 is 0 Å². The molecule has 1 unspecified atom stereocenters. The predicted molar refractivity (Wildman–Crippen MR) is 79.6 cm³/mol. The molecule has 7 heteroatoms. The number of hydrogen-bond donors (Lipinski definition) is 1. The molecule has 0 fully saturated rings. The third-order valence-electron chi connectivity index (χ3n) is 2.79. The first kappa shape index (κ1) is 16.4. The minimum atomic E-state index is -0.566. The van der Waals surface area contributed by atoms with Crippen molar-refractivity contribution in [3.8, 4) is 5.75 Å². The lowest BCUT2D eigenvalue weighted by molar-refractivity contribution is -0.385. The van der Waals surface area contributed by atoms with Gasteiger partial charge >= 0.3 is 5.69 Å². The summed E-state index contributed by atoms with van der Waals surface area (Å²) in [5.41, 5.74) is -0.0411. The quantitative estimate of drug-likeness (QED) is 0.468. The van der Waals surface area contributed by atoms with Gasteiger partial charge in [-0.15, -0.1) is 0 Å². The molecule has 6 nitrogen and oxygen atoms in total. The second-order valence-corrected chi connectivity index (χ2v) is 5.11. The van der Waals surface area contributed by atoms with Crippen molar-refractivity contribution in [1.82, 2.24) is 5.32 Å². The number of nitrogens with zero attached hydrogens (tertiary/aromatic N) is 1. The number of amides is 1. The number of methoxy groups -OCH3 is 1. The molecular weight excluding hydrogens is 328 g/mol. The van der Waals surface area contributed by atoms with Gasteiger partial charge in [0.15, 0.2) is 0 Å². The smallest absolute Gasteiger partial charge is 0.311 e. The van der Waals surface area contributed by atoms with E-state index in [0.29, 0.717) is 0 Å². The molecule has 0 saturated carbocycles. The summed E-state index contributed by atoms with van der Waals surface area (Å²) in [4.78, 5) is 22.5. The maximum Gasteiger partial charge on any atom is 0.311 e. The Hall–Kier alpha value is -1.63. The Morgan fingerprint density at radius 2 is 2.25 bits per heavy atom. The van der Waals surface area contributed by atoms with Crippen LogP contribution in [0.5, 0.6) is 5.75 Å². The van der Waals surface area contributed by atoms with Crippen LogP contribution in [0, 0.1) is 10.1 Å². The van der Waals surface area contributed by atoms with E-state index in [9.17, 15) is 14.9 Å². The topological polar surface area (TPSA) is 81.5 Å². The van der Waals surface area contributed by atoms with E-state index in [4.69, 9.17) is 4.74 Å². The van der Waals surface area contributed by atoms with E-state index in [2.05, 4.69) is 21.2 Å². The summed E-state index contributed by atoms with van der Waals surface area (Å²) in [6.45, 7) is 1.89. The lowest BCUT2D eigenvalue weighted by Crippen LogP contribution is -2.32. The zero-order valence-electron chi connectivity index (χ0n) is 11.4. The lowest BCUT2D eigenvalue weighted by atomic mass is 10.1. The van der Waals surface area contributed by atoms with Crippen LogP contribution in [0.25, 0.3) is 0 Å². The van der Waals surface area contributed by atoms with Gasteiger partial charge in [-0.1, -0.05) is 22.0 Å². The largest absolute Gasteiger partial charge is 0.490 e. The minimum absolute atomic E-state index is 0.0102. The molecule has 1 aromatic carbocycles. The standard InChI is InChI=1S/C13H17BrN2O4/c1-9(5-4-8-14)15-13(17)10-6-3-7-11(16(18)19)12(10)20-2/h3,6-7,9H,4-5,8H2,1-2H3,(H,15,17). The van der Waals surface area contributed by atoms with Crippen molar-refractivity contribution in [3.05, 3.63) is 33.9 Å². The molecule has 0 radical (unpaired) electrons. The number of carbonyl (C=O) groups is 1. The van der Waals surface area contributed by atoms with Crippen LogP contribution >= 0.6 is 15.9 Å². The number of ether oxygens (including phenoxy) is 1. The van der Waals surface area contributed by atoms with Crippen molar-refractivity contribution >= 4 is 27.5 Å². The van der Waals surface area contributed by atoms with E-state index in [0.717, 1.165) is 18.2 Å². The van der Waals surface area contributed by atoms with Crippen LogP contribution < -0.4 is 10.1 Å². The van der Waals surface area contributed by atoms with Crippen LogP contribution in [0.15, 0.2) is 18.2 Å². The maximum absolute atomic E-state index is 12.1. The van der Waals surface area contributed by atoms with Gasteiger partial charge in [-0.3, -0.25) is 14.9 Å². The number of alkyl halides is 1. The number of halogens is 1. The number of rotatable bonds is 7. The van der Waals surface area contributed by atoms with Gasteiger partial charge in [-0.05, 0) is 25.8 Å². The molecule has 0 spiro atoms. The van der Waals surface area contributed by atoms with Crippen LogP contribution in [-0.2, 0) is 0 Å². The number of nitro groups is 1. The molecule has 1 aromatic rings. The van der Waals surface area contributed by atoms with Crippen LogP contribution in [0.2, 0.25) is 0 Å². The van der Waals surface area contributed by atoms with Crippen LogP contribution in [-0.4, -0.2) is 29.3 Å². The fraction of sp³-hybridized carbons (Fsp3) is 0.462. The van der Waals surface area contributed by atoms with Crippen LogP contribution in [0.1, 0.15) is 30.1 Å². The third kappa shape index (κ3) is 4.19. The van der Waals surface area contributed by atoms with Crippen molar-refractivity contribution in [2.75, 3.05) is 12.4 Å². The highest BCUT2D eigenvalue weighted by molar-refractivity contribution is 9.09. The van der Waals surface area contributed by atoms with Crippen LogP contribution in [0.3, 0.4) is 0 Å². The molecule has 1 rings (SSSR count). The first-order valence-corrected chi connectivity index (χ1v) is 7.31. The van der Waals surface area contributed by atoms with Gasteiger partial charge in [0.25, 0.3) is 5.91 Å². The number of hydrogen-bond acceptors (Lipinski definition) is 4. The van der Waals surface area contributed by atoms with Gasteiger partial charge in [0.1, 0.15) is 0 Å². The molecule has 0 heterocycles. The summed E-state index contributed by atoms with van der Waals surface area (Å²) >= 11 is 3.33. The summed E-state index contributed by atoms with van der Waals surface area (Å²) < 4.78 is 5.01. The Bertz CT molecular complexity index is 493. The van der Waals surface area contributed by atoms with E-state index < -0.39 is 4.92 Å². The Morgan fingerprint density at radius 1 is 1.55 bits per heavy atom. The predicted octanol–water partition coefficient (Wildman–Crippen LogP) is 2.90. The molecule has 0 aliphatic carbocycles. The molecule has 0 aromatic heterocycles. The van der Waals surface area contributed by atoms with Crippen molar-refractivity contribution in [2.24, 2.45) is 0 Å². The van der Waals surface area contributed by atoms with E-state index in [1.54, 1.807) is 0 Å². The number of nitro benzene ring substituents is 1. The van der Waals surface area contributed by atoms with E-state index in [1.807, 2.05) is 6.92 Å². The fourth-order valence-electron chi connectivity index (χ4n) is 1.82. The Morgan fingerprint density at radius 3 is 2.80 bits per heavy atom. The maximum atomic E-state index is 12.1. The average molecular weight is 345 g/mol. The zero-order valence-corrected chi connectivity index (χ0v) is 13.0. The SMILES string of the molecule is COc1c(C(=O)NC(C)CCCBr)cccc1[N+](=O)[O-]. The van der Waals surface area contributed by atoms with Gasteiger partial charge in [-0.2, -0.15) is 0 Å². The molecule has 0 aliphatic rings. The highest BCUT2D eigenvalue weighted by Crippen LogP contribution is 2.30. The van der Waals surface area contributed by atoms with E-state index in [1.165, 1.54) is 25.3 Å². The first-order chi connectivity index (χ1) is 9.51. The summed E-state index contributed by atoms with van der Waals surface area (Å²) in [5, 5.41) is 14.6. The number of benzene rings is 1. The molecule has 1 amide bonds. The van der Waals surface area contributed by atoms with Crippen molar-refractivity contribution in [3.63, 3.8) is 0 Å². The molecule has 1 N–H and O–H groups in total. The molecule has 0 aliphatic heterocycles. The zero-order chi connectivity index (χ0) is 15.1. The molecular formula is C13H17BrN2O4. The lowest BCUT2D eigenvalue weighted by Gasteiger charge is -2.14. The third-order valence-corrected chi connectivity index (χ3v) is 3.35. The van der Waals surface area contributed by atoms with Gasteiger partial charge < -0.3 is 10.1 Å². The van der Waals surface area contributed by atoms with Gasteiger partial charge in [0.2, 0.25) is 5.75 Å².